The van der Waals surface area contributed by atoms with Crippen LogP contribution in [-0.2, 0) is 10.0 Å². The first kappa shape index (κ1) is 15.8. The molecule has 1 aromatic carbocycles. The van der Waals surface area contributed by atoms with Crippen LogP contribution in [0.1, 0.15) is 31.1 Å². The van der Waals surface area contributed by atoms with Gasteiger partial charge in [0.15, 0.2) is 5.78 Å². The molecule has 106 valence electrons. The summed E-state index contributed by atoms with van der Waals surface area (Å²) >= 11 is 0. The Bertz CT molecular complexity index is 554. The topological polar surface area (TPSA) is 83.5 Å². The minimum atomic E-state index is -3.68. The molecule has 0 heterocycles. The summed E-state index contributed by atoms with van der Waals surface area (Å²) < 4.78 is 26.8. The average Bonchev–Trinajstić information content (AvgIpc) is 2.37. The molecule has 1 aromatic rings. The normalized spacial score (nSPS) is 14.9. The summed E-state index contributed by atoms with van der Waals surface area (Å²) in [5.74, 6) is -0.375. The molecule has 19 heavy (non-hydrogen) atoms. The monoisotopic (exact) mass is 285 g/mol. The van der Waals surface area contributed by atoms with Gasteiger partial charge in [0.25, 0.3) is 0 Å². The van der Waals surface area contributed by atoms with Gasteiger partial charge in [-0.3, -0.25) is 4.79 Å². The first-order valence-corrected chi connectivity index (χ1v) is 7.50. The van der Waals surface area contributed by atoms with Crippen LogP contribution in [-0.4, -0.2) is 32.0 Å². The molecule has 0 aliphatic rings. The van der Waals surface area contributed by atoms with E-state index in [1.807, 2.05) is 0 Å². The highest BCUT2D eigenvalue weighted by molar-refractivity contribution is 7.89. The molecule has 5 nitrogen and oxygen atoms in total. The average molecular weight is 285 g/mol. The first-order valence-electron chi connectivity index (χ1n) is 6.02. The van der Waals surface area contributed by atoms with Crippen LogP contribution in [0.2, 0.25) is 0 Å². The summed E-state index contributed by atoms with van der Waals surface area (Å²) in [5.41, 5.74) is 0.353. The Labute approximate surface area is 113 Å². The Kier molecular flexibility index (Phi) is 5.22. The fourth-order valence-corrected chi connectivity index (χ4v) is 2.87. The van der Waals surface area contributed by atoms with E-state index in [1.54, 1.807) is 19.9 Å². The van der Waals surface area contributed by atoms with Crippen LogP contribution < -0.4 is 4.72 Å². The maximum atomic E-state index is 12.1. The number of sulfonamides is 1. The number of ketones is 1. The predicted octanol–water partition coefficient (Wildman–Crippen LogP) is 1.18. The lowest BCUT2D eigenvalue weighted by Gasteiger charge is -2.19. The van der Waals surface area contributed by atoms with Crippen LogP contribution in [0.15, 0.2) is 29.2 Å². The number of hydrogen-bond donors (Lipinski definition) is 2. The Balaban J connectivity index is 3.01. The van der Waals surface area contributed by atoms with Gasteiger partial charge in [-0.2, -0.15) is 0 Å². The first-order chi connectivity index (χ1) is 8.77. The lowest BCUT2D eigenvalue weighted by atomic mass is 10.1. The van der Waals surface area contributed by atoms with Crippen molar-refractivity contribution in [3.05, 3.63) is 29.8 Å². The van der Waals surface area contributed by atoms with E-state index < -0.39 is 16.1 Å². The fourth-order valence-electron chi connectivity index (χ4n) is 1.47. The Morgan fingerprint density at radius 1 is 1.37 bits per heavy atom. The molecule has 2 unspecified atom stereocenters. The van der Waals surface area contributed by atoms with E-state index in [0.29, 0.717) is 5.56 Å². The molecule has 0 fully saturated rings. The third-order valence-corrected chi connectivity index (χ3v) is 4.59. The van der Waals surface area contributed by atoms with Gasteiger partial charge in [-0.15, -0.1) is 0 Å². The van der Waals surface area contributed by atoms with Crippen molar-refractivity contribution in [3.63, 3.8) is 0 Å². The van der Waals surface area contributed by atoms with Crippen molar-refractivity contribution in [1.82, 2.24) is 4.72 Å². The highest BCUT2D eigenvalue weighted by atomic mass is 32.2. The molecule has 0 amide bonds. The van der Waals surface area contributed by atoms with Gasteiger partial charge in [-0.05, 0) is 31.9 Å². The van der Waals surface area contributed by atoms with E-state index in [2.05, 4.69) is 4.72 Å². The number of Topliss-reactive ketones (excluding diaryl/α,β-unsaturated/α-hetero) is 1. The van der Waals surface area contributed by atoms with Crippen molar-refractivity contribution >= 4 is 15.8 Å². The molecule has 2 atom stereocenters. The number of rotatable bonds is 6. The van der Waals surface area contributed by atoms with Crippen LogP contribution >= 0.6 is 0 Å². The third kappa shape index (κ3) is 4.12. The Morgan fingerprint density at radius 3 is 2.53 bits per heavy atom. The van der Waals surface area contributed by atoms with E-state index in [0.717, 1.165) is 0 Å². The SMILES string of the molecule is CC(=O)c1cccc(S(=O)(=O)NC(C)C(C)CO)c1. The highest BCUT2D eigenvalue weighted by Crippen LogP contribution is 2.14. The molecule has 0 aliphatic carbocycles. The number of benzene rings is 1. The summed E-state index contributed by atoms with van der Waals surface area (Å²) in [6.45, 7) is 4.72. The van der Waals surface area contributed by atoms with Gasteiger partial charge in [0.1, 0.15) is 0 Å². The molecule has 0 saturated heterocycles. The van der Waals surface area contributed by atoms with Crippen molar-refractivity contribution in [1.29, 1.82) is 0 Å². The Hall–Kier alpha value is -1.24. The third-order valence-electron chi connectivity index (χ3n) is 3.03. The second-order valence-corrected chi connectivity index (χ2v) is 6.37. The van der Waals surface area contributed by atoms with Crippen LogP contribution in [0.5, 0.6) is 0 Å². The zero-order valence-electron chi connectivity index (χ0n) is 11.3. The van der Waals surface area contributed by atoms with E-state index in [4.69, 9.17) is 5.11 Å². The summed E-state index contributed by atoms with van der Waals surface area (Å²) in [6, 6.07) is 5.49. The minimum absolute atomic E-state index is 0.0530. The van der Waals surface area contributed by atoms with E-state index in [9.17, 15) is 13.2 Å². The van der Waals surface area contributed by atoms with Gasteiger partial charge in [0.05, 0.1) is 4.90 Å². The number of carbonyl (C=O) groups excluding carboxylic acids is 1. The summed E-state index contributed by atoms with van der Waals surface area (Å²) in [6.07, 6.45) is 0. The zero-order valence-corrected chi connectivity index (χ0v) is 12.1. The van der Waals surface area contributed by atoms with Crippen molar-refractivity contribution in [2.75, 3.05) is 6.61 Å². The molecule has 0 saturated carbocycles. The maximum absolute atomic E-state index is 12.1. The highest BCUT2D eigenvalue weighted by Gasteiger charge is 2.21. The Morgan fingerprint density at radius 2 is 2.00 bits per heavy atom. The van der Waals surface area contributed by atoms with Gasteiger partial charge in [-0.25, -0.2) is 13.1 Å². The van der Waals surface area contributed by atoms with E-state index >= 15 is 0 Å². The van der Waals surface area contributed by atoms with E-state index in [-0.39, 0.29) is 23.2 Å². The number of aliphatic hydroxyl groups excluding tert-OH is 1. The van der Waals surface area contributed by atoms with E-state index in [1.165, 1.54) is 25.1 Å². The van der Waals surface area contributed by atoms with Crippen molar-refractivity contribution in [2.45, 2.75) is 31.7 Å². The smallest absolute Gasteiger partial charge is 0.240 e. The minimum Gasteiger partial charge on any atom is -0.396 e. The van der Waals surface area contributed by atoms with Crippen molar-refractivity contribution in [2.24, 2.45) is 5.92 Å². The van der Waals surface area contributed by atoms with Crippen LogP contribution in [0.25, 0.3) is 0 Å². The number of hydrogen-bond acceptors (Lipinski definition) is 4. The number of carbonyl (C=O) groups is 1. The standard InChI is InChI=1S/C13H19NO4S/c1-9(8-15)10(2)14-19(17,18)13-6-4-5-12(7-13)11(3)16/h4-7,9-10,14-15H,8H2,1-3H3. The van der Waals surface area contributed by atoms with Crippen molar-refractivity contribution < 1.29 is 18.3 Å². The van der Waals surface area contributed by atoms with Crippen molar-refractivity contribution in [3.8, 4) is 0 Å². The molecular weight excluding hydrogens is 266 g/mol. The fraction of sp³-hybridized carbons (Fsp3) is 0.462. The molecule has 0 aromatic heterocycles. The second-order valence-electron chi connectivity index (χ2n) is 4.65. The summed E-state index contributed by atoms with van der Waals surface area (Å²) in [5, 5.41) is 9.01. The molecule has 6 heteroatoms. The summed E-state index contributed by atoms with van der Waals surface area (Å²) in [4.78, 5) is 11.3. The van der Waals surface area contributed by atoms with Crippen LogP contribution in [0, 0.1) is 5.92 Å². The van der Waals surface area contributed by atoms with Gasteiger partial charge in [-0.1, -0.05) is 19.1 Å². The molecule has 2 N–H and O–H groups in total. The molecule has 0 radical (unpaired) electrons. The largest absolute Gasteiger partial charge is 0.396 e. The molecular formula is C13H19NO4S. The van der Waals surface area contributed by atoms with Crippen LogP contribution in [0.3, 0.4) is 0 Å². The summed E-state index contributed by atoms with van der Waals surface area (Å²) in [7, 11) is -3.68. The van der Waals surface area contributed by atoms with Gasteiger partial charge in [0, 0.05) is 18.2 Å². The molecule has 0 aliphatic heterocycles. The molecule has 1 rings (SSSR count). The molecule has 0 spiro atoms. The zero-order chi connectivity index (χ0) is 14.6. The second kappa shape index (κ2) is 6.27. The lowest BCUT2D eigenvalue weighted by molar-refractivity contribution is 0.101. The van der Waals surface area contributed by atoms with Gasteiger partial charge in [0.2, 0.25) is 10.0 Å². The van der Waals surface area contributed by atoms with Crippen LogP contribution in [0.4, 0.5) is 0 Å². The molecule has 0 bridgehead atoms. The maximum Gasteiger partial charge on any atom is 0.240 e. The lowest BCUT2D eigenvalue weighted by Crippen LogP contribution is -2.38. The van der Waals surface area contributed by atoms with Gasteiger partial charge >= 0.3 is 0 Å². The number of aliphatic hydroxyl groups is 1. The quantitative estimate of drug-likeness (QED) is 0.769. The predicted molar refractivity (Wildman–Crippen MR) is 72.5 cm³/mol. The number of nitrogens with one attached hydrogen (secondary N) is 1. The van der Waals surface area contributed by atoms with Gasteiger partial charge < -0.3 is 5.11 Å².